The second kappa shape index (κ2) is 10.3. The largest absolute Gasteiger partial charge is 0.424 e. The first kappa shape index (κ1) is 27.0. The number of ether oxygens (including phenoxy) is 1. The van der Waals surface area contributed by atoms with Crippen LogP contribution in [0.4, 0.5) is 11.8 Å². The highest BCUT2D eigenvalue weighted by molar-refractivity contribution is 9.25. The average molecular weight is 648 g/mol. The normalized spacial score (nSPS) is 23.9. The fraction of sp³-hybridized carbons (Fsp3) is 0.429. The molecule has 5 atom stereocenters. The van der Waals surface area contributed by atoms with Gasteiger partial charge in [-0.25, -0.2) is 9.55 Å². The molecule has 4 rings (SSSR count). The minimum Gasteiger partial charge on any atom is -0.424 e. The van der Waals surface area contributed by atoms with Crippen molar-refractivity contribution >= 4 is 68.2 Å². The molecule has 0 radical (unpaired) electrons. The molecule has 3 heterocycles. The highest BCUT2D eigenvalue weighted by Gasteiger charge is 2.55. The Morgan fingerprint density at radius 2 is 2.00 bits per heavy atom. The Labute approximate surface area is 223 Å². The molecule has 36 heavy (non-hydrogen) atoms. The fourth-order valence-electron chi connectivity index (χ4n) is 3.64. The Hall–Kier alpha value is -2.09. The zero-order valence-corrected chi connectivity index (χ0v) is 23.4. The number of fused-ring (bicyclic) bond motifs is 1. The molecule has 0 spiro atoms. The number of alkyl halides is 2. The molecule has 194 valence electrons. The molecule has 5 N–H and O–H groups in total. The van der Waals surface area contributed by atoms with Gasteiger partial charge < -0.3 is 25.8 Å². The molecule has 0 amide bonds. The number of Topliss-reactive ketones (excluding diaryl/α,β-unsaturated/α-hetero) is 1. The fourth-order valence-corrected chi connectivity index (χ4v) is 6.87. The summed E-state index contributed by atoms with van der Waals surface area (Å²) in [5.74, 6) is -0.338. The zero-order chi connectivity index (χ0) is 26.3. The van der Waals surface area contributed by atoms with E-state index in [1.54, 1.807) is 37.3 Å². The van der Waals surface area contributed by atoms with Crippen LogP contribution in [0.25, 0.3) is 11.2 Å². The van der Waals surface area contributed by atoms with Gasteiger partial charge in [0.15, 0.2) is 20.9 Å². The van der Waals surface area contributed by atoms with Gasteiger partial charge in [-0.1, -0.05) is 57.0 Å². The van der Waals surface area contributed by atoms with E-state index in [4.69, 9.17) is 25.3 Å². The van der Waals surface area contributed by atoms with Crippen molar-refractivity contribution in [3.8, 4) is 5.75 Å². The van der Waals surface area contributed by atoms with Crippen LogP contribution in [0, 0.1) is 5.92 Å². The molecule has 0 aliphatic carbocycles. The number of hydrogen-bond donors (Lipinski definition) is 3. The van der Waals surface area contributed by atoms with E-state index < -0.39 is 35.2 Å². The number of anilines is 2. The van der Waals surface area contributed by atoms with Crippen LogP contribution < -0.4 is 16.0 Å². The van der Waals surface area contributed by atoms with Crippen LogP contribution in [0.1, 0.15) is 20.1 Å². The van der Waals surface area contributed by atoms with E-state index in [0.717, 1.165) is 0 Å². The monoisotopic (exact) mass is 646 g/mol. The number of benzene rings is 1. The lowest BCUT2D eigenvalue weighted by atomic mass is 10.1. The number of para-hydroxylation sites is 1. The highest BCUT2D eigenvalue weighted by Crippen LogP contribution is 2.53. The van der Waals surface area contributed by atoms with Gasteiger partial charge in [-0.3, -0.25) is 13.9 Å². The Kier molecular flexibility index (Phi) is 7.75. The van der Waals surface area contributed by atoms with E-state index >= 15 is 0 Å². The zero-order valence-electron chi connectivity index (χ0n) is 19.3. The van der Waals surface area contributed by atoms with Crippen LogP contribution in [0.2, 0.25) is 0 Å². The number of ketones is 1. The summed E-state index contributed by atoms with van der Waals surface area (Å²) < 4.78 is 31.6. The summed E-state index contributed by atoms with van der Waals surface area (Å²) in [7, 11) is -3.82. The maximum atomic E-state index is 13.7. The maximum Gasteiger partial charge on any atom is 0.379 e. The molecular weight excluding hydrogens is 623 g/mol. The molecule has 2 aromatic heterocycles. The highest BCUT2D eigenvalue weighted by atomic mass is 79.9. The van der Waals surface area contributed by atoms with Crippen molar-refractivity contribution in [1.29, 1.82) is 0 Å². The first-order valence-corrected chi connectivity index (χ1v) is 14.2. The first-order valence-electron chi connectivity index (χ1n) is 10.9. The summed E-state index contributed by atoms with van der Waals surface area (Å²) in [5, 5.41) is 11.0. The van der Waals surface area contributed by atoms with E-state index in [1.807, 2.05) is 0 Å². The summed E-state index contributed by atoms with van der Waals surface area (Å²) in [6, 6.07) is 8.51. The van der Waals surface area contributed by atoms with Crippen molar-refractivity contribution in [2.75, 3.05) is 24.2 Å². The van der Waals surface area contributed by atoms with Crippen molar-refractivity contribution < 1.29 is 28.3 Å². The lowest BCUT2D eigenvalue weighted by Crippen LogP contribution is -2.37. The van der Waals surface area contributed by atoms with E-state index in [1.165, 1.54) is 17.8 Å². The van der Waals surface area contributed by atoms with Crippen LogP contribution in [-0.2, 0) is 18.6 Å². The molecule has 1 aliphatic rings. The molecule has 12 nitrogen and oxygen atoms in total. The lowest BCUT2D eigenvalue weighted by Gasteiger charge is -2.25. The third-order valence-corrected chi connectivity index (χ3v) is 9.46. The van der Waals surface area contributed by atoms with Crippen LogP contribution >= 0.6 is 39.5 Å². The first-order chi connectivity index (χ1) is 16.9. The van der Waals surface area contributed by atoms with Crippen LogP contribution in [0.5, 0.6) is 5.75 Å². The van der Waals surface area contributed by atoms with Crippen LogP contribution in [0.15, 0.2) is 36.7 Å². The molecule has 1 aromatic carbocycles. The molecule has 1 unspecified atom stereocenters. The van der Waals surface area contributed by atoms with Crippen LogP contribution in [-0.4, -0.2) is 58.6 Å². The van der Waals surface area contributed by atoms with Gasteiger partial charge in [0.2, 0.25) is 5.95 Å². The number of nitrogen functional groups attached to an aromatic ring is 2. The third kappa shape index (κ3) is 5.43. The number of nitrogens with zero attached hydrogens (tertiary/aromatic N) is 4. The summed E-state index contributed by atoms with van der Waals surface area (Å²) >= 11 is 6.96. The molecule has 0 saturated carbocycles. The SMILES string of the molecule is CC(=O)[C@H](C)CP(=O)(OC[C@H]1O[C@@H](n2cnc3c(N)nc(N)nc32)C(Br)(Br)[C@H]1O)Oc1ccccc1. The summed E-state index contributed by atoms with van der Waals surface area (Å²) in [6.45, 7) is 2.76. The Balaban J connectivity index is 1.57. The van der Waals surface area contributed by atoms with E-state index in [2.05, 4.69) is 46.8 Å². The third-order valence-electron chi connectivity index (χ3n) is 5.71. The quantitative estimate of drug-likeness (QED) is 0.229. The van der Waals surface area contributed by atoms with Gasteiger partial charge in [0.25, 0.3) is 0 Å². The number of halogens is 2. The number of carbonyl (C=O) groups is 1. The molecule has 1 saturated heterocycles. The van der Waals surface area contributed by atoms with Gasteiger partial charge in [-0.05, 0) is 19.1 Å². The number of carbonyl (C=O) groups excluding carboxylic acids is 1. The average Bonchev–Trinajstić information content (AvgIpc) is 3.31. The number of aliphatic hydroxyl groups excluding tert-OH is 1. The second-order valence-electron chi connectivity index (χ2n) is 8.44. The number of hydrogen-bond acceptors (Lipinski definition) is 11. The van der Waals surface area contributed by atoms with Gasteiger partial charge in [-0.2, -0.15) is 9.97 Å². The topological polar surface area (TPSA) is 178 Å². The predicted octanol–water partition coefficient (Wildman–Crippen LogP) is 3.25. The summed E-state index contributed by atoms with van der Waals surface area (Å²) in [5.41, 5.74) is 12.3. The number of rotatable bonds is 9. The van der Waals surface area contributed by atoms with Gasteiger partial charge in [0.05, 0.1) is 19.1 Å². The number of aliphatic hydroxyl groups is 1. The van der Waals surface area contributed by atoms with Gasteiger partial charge in [0, 0.05) is 5.92 Å². The minimum absolute atomic E-state index is 0.0477. The molecule has 1 aliphatic heterocycles. The summed E-state index contributed by atoms with van der Waals surface area (Å²) in [6.07, 6.45) is -1.72. The molecule has 1 fully saturated rings. The second-order valence-corrected chi connectivity index (χ2v) is 14.2. The molecule has 0 bridgehead atoms. The Bertz CT molecular complexity index is 1310. The van der Waals surface area contributed by atoms with Gasteiger partial charge >= 0.3 is 7.60 Å². The van der Waals surface area contributed by atoms with Crippen molar-refractivity contribution in [3.05, 3.63) is 36.7 Å². The van der Waals surface area contributed by atoms with E-state index in [0.29, 0.717) is 16.9 Å². The van der Waals surface area contributed by atoms with Crippen molar-refractivity contribution in [3.63, 3.8) is 0 Å². The number of imidazole rings is 1. The molecular formula is C21H25Br2N6O6P. The minimum atomic E-state index is -3.82. The van der Waals surface area contributed by atoms with Crippen LogP contribution in [0.3, 0.4) is 0 Å². The van der Waals surface area contributed by atoms with Crippen molar-refractivity contribution in [2.24, 2.45) is 5.92 Å². The summed E-state index contributed by atoms with van der Waals surface area (Å²) in [4.78, 5) is 24.2. The molecule has 3 aromatic rings. The van der Waals surface area contributed by atoms with E-state index in [9.17, 15) is 14.5 Å². The predicted molar refractivity (Wildman–Crippen MR) is 140 cm³/mol. The maximum absolute atomic E-state index is 13.7. The number of nitrogens with two attached hydrogens (primary N) is 2. The standard InChI is InChI=1S/C21H25Br2N6O6P/c1-11(12(2)30)9-36(32,35-13-6-4-3-5-7-13)33-8-14-16(31)21(22,23)19(34-14)29-10-26-15-17(24)27-20(25)28-18(15)29/h3-7,10-11,14,16,19,31H,8-9H2,1-2H3,(H4,24,25,27,28)/t11-,14-,16+,19-,36?/m1/s1. The van der Waals surface area contributed by atoms with Gasteiger partial charge in [-0.15, -0.1) is 0 Å². The molecule has 15 heteroatoms. The van der Waals surface area contributed by atoms with Gasteiger partial charge in [0.1, 0.15) is 29.3 Å². The lowest BCUT2D eigenvalue weighted by molar-refractivity contribution is -0.119. The Morgan fingerprint density at radius 3 is 2.67 bits per heavy atom. The smallest absolute Gasteiger partial charge is 0.379 e. The van der Waals surface area contributed by atoms with Crippen molar-refractivity contribution in [2.45, 2.75) is 35.5 Å². The van der Waals surface area contributed by atoms with E-state index in [-0.39, 0.29) is 30.3 Å². The van der Waals surface area contributed by atoms with Crippen molar-refractivity contribution in [1.82, 2.24) is 19.5 Å². The Morgan fingerprint density at radius 1 is 1.31 bits per heavy atom. The number of aromatic nitrogens is 4.